The maximum absolute atomic E-state index is 13.0. The van der Waals surface area contributed by atoms with Gasteiger partial charge < -0.3 is 20.3 Å². The Labute approximate surface area is 176 Å². The number of hydrogen-bond acceptors (Lipinski definition) is 3. The smallest absolute Gasteiger partial charge is 0.382 e. The Balaban J connectivity index is 0.00000676. The molecule has 0 bridgehead atoms. The monoisotopic (exact) mass is 508 g/mol. The molecule has 1 saturated carbocycles. The highest BCUT2D eigenvalue weighted by molar-refractivity contribution is 14.0. The predicted molar refractivity (Wildman–Crippen MR) is 110 cm³/mol. The molecule has 0 spiro atoms. The maximum Gasteiger partial charge on any atom is 0.391 e. The molecule has 0 saturated heterocycles. The van der Waals surface area contributed by atoms with Gasteiger partial charge in [-0.15, -0.1) is 24.0 Å². The highest BCUT2D eigenvalue weighted by atomic mass is 127. The summed E-state index contributed by atoms with van der Waals surface area (Å²) in [6.45, 7) is 3.65. The largest absolute Gasteiger partial charge is 0.391 e. The van der Waals surface area contributed by atoms with Gasteiger partial charge in [0.25, 0.3) is 0 Å². The molecule has 0 aromatic heterocycles. The van der Waals surface area contributed by atoms with Crippen LogP contribution in [0.3, 0.4) is 0 Å². The van der Waals surface area contributed by atoms with Crippen molar-refractivity contribution in [3.63, 3.8) is 0 Å². The number of alkyl halides is 3. The number of guanidine groups is 1. The zero-order valence-electron chi connectivity index (χ0n) is 16.3. The number of carbonyl (C=O) groups is 1. The standard InChI is InChI=1S/C17H31F3N4O2.HI/c1-4-26-10-6-9-21-16(22-12-15(25)24(2)3)23-14-8-5-7-13(11-14)17(18,19)20;/h13-14H,4-12H2,1-3H3,(H2,21,22,23);1H. The zero-order valence-corrected chi connectivity index (χ0v) is 18.6. The minimum Gasteiger partial charge on any atom is -0.382 e. The summed E-state index contributed by atoms with van der Waals surface area (Å²) < 4.78 is 44.2. The van der Waals surface area contributed by atoms with Gasteiger partial charge in [0.05, 0.1) is 5.92 Å². The normalized spacial score (nSPS) is 20.6. The Hall–Kier alpha value is -0.780. The Morgan fingerprint density at radius 2 is 2.00 bits per heavy atom. The third-order valence-electron chi connectivity index (χ3n) is 4.31. The quantitative estimate of drug-likeness (QED) is 0.229. The lowest BCUT2D eigenvalue weighted by atomic mass is 9.85. The molecule has 2 atom stereocenters. The van der Waals surface area contributed by atoms with Crippen LogP contribution in [0.5, 0.6) is 0 Å². The molecule has 6 nitrogen and oxygen atoms in total. The van der Waals surface area contributed by atoms with Crippen molar-refractivity contribution in [1.82, 2.24) is 15.5 Å². The van der Waals surface area contributed by atoms with Crippen molar-refractivity contribution in [3.05, 3.63) is 0 Å². The number of nitrogens with zero attached hydrogens (tertiary/aromatic N) is 2. The van der Waals surface area contributed by atoms with Crippen LogP contribution in [0.4, 0.5) is 13.2 Å². The minimum atomic E-state index is -4.16. The summed E-state index contributed by atoms with van der Waals surface area (Å²) in [5.41, 5.74) is 0. The van der Waals surface area contributed by atoms with Gasteiger partial charge in [-0.3, -0.25) is 4.79 Å². The molecular weight excluding hydrogens is 476 g/mol. The SMILES string of the molecule is CCOCCCNC(=NCC(=O)N(C)C)NC1CCCC(C(F)(F)F)C1.I. The van der Waals surface area contributed by atoms with E-state index in [1.54, 1.807) is 14.1 Å². The van der Waals surface area contributed by atoms with Gasteiger partial charge in [0.1, 0.15) is 6.54 Å². The average Bonchev–Trinajstić information content (AvgIpc) is 2.58. The summed E-state index contributed by atoms with van der Waals surface area (Å²) >= 11 is 0. The summed E-state index contributed by atoms with van der Waals surface area (Å²) in [6.07, 6.45) is -2.03. The van der Waals surface area contributed by atoms with E-state index in [-0.39, 0.29) is 55.3 Å². The molecule has 1 aliphatic rings. The molecule has 0 aliphatic heterocycles. The number of rotatable bonds is 8. The lowest BCUT2D eigenvalue weighted by Gasteiger charge is -2.32. The van der Waals surface area contributed by atoms with Gasteiger partial charge in [-0.2, -0.15) is 13.2 Å². The summed E-state index contributed by atoms with van der Waals surface area (Å²) in [4.78, 5) is 17.4. The molecule has 0 aromatic carbocycles. The van der Waals surface area contributed by atoms with Crippen LogP contribution in [0.15, 0.2) is 4.99 Å². The van der Waals surface area contributed by atoms with Crippen LogP contribution in [0.2, 0.25) is 0 Å². The van der Waals surface area contributed by atoms with E-state index in [2.05, 4.69) is 15.6 Å². The Bertz CT molecular complexity index is 462. The molecule has 2 unspecified atom stereocenters. The Morgan fingerprint density at radius 3 is 2.59 bits per heavy atom. The van der Waals surface area contributed by atoms with E-state index in [0.717, 1.165) is 6.42 Å². The van der Waals surface area contributed by atoms with Gasteiger partial charge in [-0.1, -0.05) is 6.42 Å². The molecule has 0 radical (unpaired) electrons. The number of amides is 1. The number of carbonyl (C=O) groups excluding carboxylic acids is 1. The van der Waals surface area contributed by atoms with Crippen molar-refractivity contribution in [2.24, 2.45) is 10.9 Å². The molecule has 1 aliphatic carbocycles. The molecule has 1 rings (SSSR count). The predicted octanol–water partition coefficient (Wildman–Crippen LogP) is 2.78. The van der Waals surface area contributed by atoms with Gasteiger partial charge in [-0.25, -0.2) is 4.99 Å². The molecule has 0 heterocycles. The summed E-state index contributed by atoms with van der Waals surface area (Å²) in [5.74, 6) is -1.07. The Morgan fingerprint density at radius 1 is 1.30 bits per heavy atom. The second-order valence-electron chi connectivity index (χ2n) is 6.68. The maximum atomic E-state index is 13.0. The van der Waals surface area contributed by atoms with E-state index in [1.165, 1.54) is 4.90 Å². The highest BCUT2D eigenvalue weighted by Gasteiger charge is 2.42. The van der Waals surface area contributed by atoms with Crippen LogP contribution < -0.4 is 10.6 Å². The van der Waals surface area contributed by atoms with Crippen LogP contribution in [-0.2, 0) is 9.53 Å². The minimum absolute atomic E-state index is 0. The number of hydrogen-bond donors (Lipinski definition) is 2. The van der Waals surface area contributed by atoms with Crippen LogP contribution >= 0.6 is 24.0 Å². The molecule has 27 heavy (non-hydrogen) atoms. The fraction of sp³-hybridized carbons (Fsp3) is 0.882. The second kappa shape index (κ2) is 13.4. The third-order valence-corrected chi connectivity index (χ3v) is 4.31. The topological polar surface area (TPSA) is 66.0 Å². The first-order chi connectivity index (χ1) is 12.2. The van der Waals surface area contributed by atoms with Crippen LogP contribution in [0, 0.1) is 5.92 Å². The van der Waals surface area contributed by atoms with E-state index >= 15 is 0 Å². The first-order valence-corrected chi connectivity index (χ1v) is 9.13. The molecule has 1 fully saturated rings. The lowest BCUT2D eigenvalue weighted by molar-refractivity contribution is -0.183. The molecule has 1 amide bonds. The van der Waals surface area contributed by atoms with Crippen LogP contribution in [-0.4, -0.2) is 69.4 Å². The van der Waals surface area contributed by atoms with Crippen molar-refractivity contribution >= 4 is 35.8 Å². The van der Waals surface area contributed by atoms with Crippen LogP contribution in [0.1, 0.15) is 39.0 Å². The third kappa shape index (κ3) is 11.0. The van der Waals surface area contributed by atoms with Crippen molar-refractivity contribution in [2.45, 2.75) is 51.2 Å². The molecule has 0 aromatic rings. The lowest BCUT2D eigenvalue weighted by Crippen LogP contribution is -2.47. The zero-order chi connectivity index (χ0) is 19.6. The summed E-state index contributed by atoms with van der Waals surface area (Å²) in [6, 6.07) is -0.303. The summed E-state index contributed by atoms with van der Waals surface area (Å²) in [5, 5.41) is 6.15. The number of likely N-dealkylation sites (N-methyl/N-ethyl adjacent to an activating group) is 1. The molecule has 10 heteroatoms. The average molecular weight is 508 g/mol. The van der Waals surface area contributed by atoms with Crippen molar-refractivity contribution in [2.75, 3.05) is 40.4 Å². The van der Waals surface area contributed by atoms with E-state index < -0.39 is 12.1 Å². The van der Waals surface area contributed by atoms with E-state index in [9.17, 15) is 18.0 Å². The van der Waals surface area contributed by atoms with Crippen LogP contribution in [0.25, 0.3) is 0 Å². The van der Waals surface area contributed by atoms with Gasteiger partial charge >= 0.3 is 6.18 Å². The van der Waals surface area contributed by atoms with Gasteiger partial charge in [-0.05, 0) is 32.6 Å². The first-order valence-electron chi connectivity index (χ1n) is 9.13. The molecule has 160 valence electrons. The Kier molecular flexibility index (Phi) is 13.0. The van der Waals surface area contributed by atoms with Gasteiger partial charge in [0, 0.05) is 39.9 Å². The number of ether oxygens (including phenoxy) is 1. The fourth-order valence-corrected chi connectivity index (χ4v) is 2.78. The van der Waals surface area contributed by atoms with Crippen molar-refractivity contribution in [1.29, 1.82) is 0 Å². The van der Waals surface area contributed by atoms with E-state index in [0.29, 0.717) is 38.6 Å². The number of aliphatic imine (C=N–C) groups is 1. The molecular formula is C17H32F3IN4O2. The molecule has 2 N–H and O–H groups in total. The van der Waals surface area contributed by atoms with Crippen molar-refractivity contribution < 1.29 is 22.7 Å². The second-order valence-corrected chi connectivity index (χ2v) is 6.68. The highest BCUT2D eigenvalue weighted by Crippen LogP contribution is 2.37. The summed E-state index contributed by atoms with van der Waals surface area (Å²) in [7, 11) is 3.27. The van der Waals surface area contributed by atoms with Gasteiger partial charge in [0.15, 0.2) is 5.96 Å². The van der Waals surface area contributed by atoms with Crippen molar-refractivity contribution in [3.8, 4) is 0 Å². The van der Waals surface area contributed by atoms with Gasteiger partial charge in [0.2, 0.25) is 5.91 Å². The fourth-order valence-electron chi connectivity index (χ4n) is 2.78. The number of halogens is 4. The van der Waals surface area contributed by atoms with E-state index in [4.69, 9.17) is 4.74 Å². The van der Waals surface area contributed by atoms with E-state index in [1.807, 2.05) is 6.92 Å². The first kappa shape index (κ1) is 26.2. The number of nitrogens with one attached hydrogen (secondary N) is 2.